The first-order chi connectivity index (χ1) is 21.4. The summed E-state index contributed by atoms with van der Waals surface area (Å²) in [5.41, 5.74) is 3.05. The molecular weight excluding hydrogens is 564 g/mol. The van der Waals surface area contributed by atoms with Gasteiger partial charge in [-0.25, -0.2) is 29.3 Å². The largest absolute Gasteiger partial charge is 0.459 e. The third-order valence-corrected chi connectivity index (χ3v) is 7.27. The maximum Gasteiger partial charge on any atom is 0.338 e. The second-order valence-corrected chi connectivity index (χ2v) is 10.2. The lowest BCUT2D eigenvalue weighted by molar-refractivity contribution is -0.0606. The van der Waals surface area contributed by atoms with Crippen LogP contribution < -0.4 is 0 Å². The smallest absolute Gasteiger partial charge is 0.338 e. The van der Waals surface area contributed by atoms with Crippen LogP contribution in [0.5, 0.6) is 0 Å². The van der Waals surface area contributed by atoms with E-state index in [9.17, 15) is 14.4 Å². The van der Waals surface area contributed by atoms with E-state index in [1.807, 2.05) is 13.8 Å². The molecule has 0 unspecified atom stereocenters. The van der Waals surface area contributed by atoms with Crippen LogP contribution in [0.3, 0.4) is 0 Å². The number of esters is 3. The van der Waals surface area contributed by atoms with Gasteiger partial charge in [0.1, 0.15) is 19.0 Å². The van der Waals surface area contributed by atoms with Gasteiger partial charge in [-0.2, -0.15) is 0 Å². The Kier molecular flexibility index (Phi) is 8.11. The number of hydrogen-bond donors (Lipinski definition) is 0. The van der Waals surface area contributed by atoms with E-state index in [4.69, 9.17) is 18.9 Å². The minimum atomic E-state index is -1.18. The van der Waals surface area contributed by atoms with Crippen molar-refractivity contribution in [2.24, 2.45) is 0 Å². The minimum Gasteiger partial charge on any atom is -0.459 e. The van der Waals surface area contributed by atoms with Gasteiger partial charge in [-0.3, -0.25) is 4.57 Å². The highest BCUT2D eigenvalue weighted by Crippen LogP contribution is 2.36. The summed E-state index contributed by atoms with van der Waals surface area (Å²) in [6, 6.07) is 25.3. The molecule has 0 bridgehead atoms. The van der Waals surface area contributed by atoms with Gasteiger partial charge in [0.15, 0.2) is 29.7 Å². The average Bonchev–Trinajstić information content (AvgIpc) is 3.61. The predicted octanol–water partition coefficient (Wildman–Crippen LogP) is 4.65. The molecule has 6 rings (SSSR count). The van der Waals surface area contributed by atoms with Crippen LogP contribution in [-0.4, -0.2) is 62.3 Å². The van der Waals surface area contributed by atoms with Crippen molar-refractivity contribution in [1.82, 2.24) is 19.5 Å². The Morgan fingerprint density at radius 1 is 0.705 bits per heavy atom. The van der Waals surface area contributed by atoms with Gasteiger partial charge >= 0.3 is 17.9 Å². The summed E-state index contributed by atoms with van der Waals surface area (Å²) >= 11 is 0. The topological polar surface area (TPSA) is 132 Å². The summed E-state index contributed by atoms with van der Waals surface area (Å²) in [7, 11) is 0. The summed E-state index contributed by atoms with van der Waals surface area (Å²) in [5, 5.41) is 0. The van der Waals surface area contributed by atoms with Gasteiger partial charge in [-0.1, -0.05) is 54.6 Å². The number of nitrogens with zero attached hydrogens (tertiary/aromatic N) is 4. The molecule has 1 aliphatic rings. The van der Waals surface area contributed by atoms with Crippen LogP contribution in [0.1, 0.15) is 48.7 Å². The van der Waals surface area contributed by atoms with Crippen LogP contribution in [-0.2, 0) is 18.9 Å². The maximum atomic E-state index is 13.4. The van der Waals surface area contributed by atoms with Gasteiger partial charge in [0.05, 0.1) is 28.1 Å². The van der Waals surface area contributed by atoms with Crippen LogP contribution in [0.2, 0.25) is 0 Å². The Hall–Kier alpha value is -5.42. The van der Waals surface area contributed by atoms with E-state index in [0.29, 0.717) is 33.8 Å². The van der Waals surface area contributed by atoms with Gasteiger partial charge in [0.2, 0.25) is 0 Å². The molecule has 44 heavy (non-hydrogen) atoms. The number of carbonyl (C=O) groups excluding carboxylic acids is 3. The molecule has 4 atom stereocenters. The molecule has 0 amide bonds. The fourth-order valence-corrected chi connectivity index (χ4v) is 4.88. The zero-order chi connectivity index (χ0) is 30.6. The minimum absolute atomic E-state index is 0.286. The number of fused-ring (bicyclic) bond motifs is 1. The van der Waals surface area contributed by atoms with E-state index in [1.54, 1.807) is 95.6 Å². The summed E-state index contributed by atoms with van der Waals surface area (Å²) in [6.45, 7) is 3.35. The number of ether oxygens (including phenoxy) is 4. The zero-order valence-corrected chi connectivity index (χ0v) is 23.9. The second-order valence-electron chi connectivity index (χ2n) is 10.2. The summed E-state index contributed by atoms with van der Waals surface area (Å²) in [5.74, 6) is -1.91. The number of aromatic nitrogens is 4. The Morgan fingerprint density at radius 3 is 1.77 bits per heavy atom. The van der Waals surface area contributed by atoms with Crippen LogP contribution >= 0.6 is 0 Å². The van der Waals surface area contributed by atoms with Crippen LogP contribution in [0.15, 0.2) is 97.3 Å². The van der Waals surface area contributed by atoms with Crippen molar-refractivity contribution in [3.05, 3.63) is 125 Å². The van der Waals surface area contributed by atoms with Crippen molar-refractivity contribution in [3.8, 4) is 0 Å². The Bertz CT molecular complexity index is 1800. The molecule has 222 valence electrons. The summed E-state index contributed by atoms with van der Waals surface area (Å²) in [6.07, 6.45) is -2.96. The van der Waals surface area contributed by atoms with Crippen LogP contribution in [0.4, 0.5) is 0 Å². The van der Waals surface area contributed by atoms with Crippen molar-refractivity contribution in [2.45, 2.75) is 38.4 Å². The molecule has 0 aliphatic carbocycles. The lowest BCUT2D eigenvalue weighted by atomic mass is 10.1. The zero-order valence-electron chi connectivity index (χ0n) is 23.9. The SMILES string of the molecule is Cc1nc2ncn([C@@H]3O[C@H](COC(=O)c4ccccc4)[C@@H](OC(=O)c4ccccc4)[C@H]3OC(=O)c3ccccc3)c2nc1C. The fraction of sp³-hybridized carbons (Fsp3) is 0.212. The highest BCUT2D eigenvalue weighted by molar-refractivity contribution is 5.91. The number of rotatable bonds is 8. The Labute approximate surface area is 252 Å². The first-order valence-electron chi connectivity index (χ1n) is 14.0. The van der Waals surface area contributed by atoms with Crippen molar-refractivity contribution in [3.63, 3.8) is 0 Å². The van der Waals surface area contributed by atoms with Crippen molar-refractivity contribution < 1.29 is 33.3 Å². The molecule has 2 aromatic heterocycles. The average molecular weight is 593 g/mol. The van der Waals surface area contributed by atoms with E-state index in [0.717, 1.165) is 0 Å². The first kappa shape index (κ1) is 28.7. The van der Waals surface area contributed by atoms with E-state index in [2.05, 4.69) is 15.0 Å². The molecule has 1 aliphatic heterocycles. The molecule has 5 aromatic rings. The molecule has 1 saturated heterocycles. The normalized spacial score (nSPS) is 19.4. The summed E-state index contributed by atoms with van der Waals surface area (Å²) in [4.78, 5) is 53.1. The fourth-order valence-electron chi connectivity index (χ4n) is 4.88. The van der Waals surface area contributed by atoms with Crippen LogP contribution in [0, 0.1) is 13.8 Å². The molecule has 3 heterocycles. The maximum absolute atomic E-state index is 13.4. The standard InChI is InChI=1S/C33H28N4O7/c1-20-21(2)36-29-28(35-20)34-19-37(29)30-27(44-33(40)24-16-10-5-11-17-24)26(43-32(39)23-14-8-4-9-15-23)25(42-30)18-41-31(38)22-12-6-3-7-13-22/h3-17,19,25-27,30H,18H2,1-2H3/t25-,26-,27-,30-/m1/s1. The lowest BCUT2D eigenvalue weighted by Crippen LogP contribution is -2.41. The Balaban J connectivity index is 1.38. The molecule has 3 aromatic carbocycles. The summed E-state index contributed by atoms with van der Waals surface area (Å²) < 4.78 is 25.6. The Morgan fingerprint density at radius 2 is 1.20 bits per heavy atom. The number of carbonyl (C=O) groups is 3. The molecular formula is C33H28N4O7. The van der Waals surface area contributed by atoms with Crippen molar-refractivity contribution >= 4 is 29.2 Å². The van der Waals surface area contributed by atoms with Gasteiger partial charge in [0, 0.05) is 0 Å². The highest BCUT2D eigenvalue weighted by atomic mass is 16.7. The van der Waals surface area contributed by atoms with Gasteiger partial charge in [-0.05, 0) is 50.2 Å². The molecule has 1 fully saturated rings. The quantitative estimate of drug-likeness (QED) is 0.185. The number of imidazole rings is 1. The molecule has 11 nitrogen and oxygen atoms in total. The third kappa shape index (κ3) is 5.90. The van der Waals surface area contributed by atoms with Crippen molar-refractivity contribution in [1.29, 1.82) is 0 Å². The van der Waals surface area contributed by atoms with Gasteiger partial charge in [-0.15, -0.1) is 0 Å². The number of aryl methyl sites for hydroxylation is 2. The second kappa shape index (κ2) is 12.4. The van der Waals surface area contributed by atoms with E-state index in [-0.39, 0.29) is 12.2 Å². The molecule has 11 heteroatoms. The predicted molar refractivity (Wildman–Crippen MR) is 157 cm³/mol. The van der Waals surface area contributed by atoms with Gasteiger partial charge in [0.25, 0.3) is 0 Å². The molecule has 0 radical (unpaired) electrons. The molecule has 0 spiro atoms. The van der Waals surface area contributed by atoms with Crippen LogP contribution in [0.25, 0.3) is 11.3 Å². The molecule has 0 saturated carbocycles. The van der Waals surface area contributed by atoms with Gasteiger partial charge < -0.3 is 18.9 Å². The van der Waals surface area contributed by atoms with Crippen molar-refractivity contribution in [2.75, 3.05) is 6.61 Å². The first-order valence-corrected chi connectivity index (χ1v) is 14.0. The number of hydrogen-bond acceptors (Lipinski definition) is 10. The third-order valence-electron chi connectivity index (χ3n) is 7.27. The highest BCUT2D eigenvalue weighted by Gasteiger charge is 2.52. The lowest BCUT2D eigenvalue weighted by Gasteiger charge is -2.25. The van der Waals surface area contributed by atoms with E-state index < -0.39 is 42.4 Å². The van der Waals surface area contributed by atoms with E-state index in [1.165, 1.54) is 6.33 Å². The van der Waals surface area contributed by atoms with E-state index >= 15 is 0 Å². The molecule has 0 N–H and O–H groups in total. The number of benzene rings is 3. The monoisotopic (exact) mass is 592 g/mol.